The molecule has 140 valence electrons. The molecule has 0 radical (unpaired) electrons. The highest BCUT2D eigenvalue weighted by atomic mass is 35.5. The number of hydrogen-bond acceptors (Lipinski definition) is 3. The van der Waals surface area contributed by atoms with E-state index in [2.05, 4.69) is 17.6 Å². The zero-order valence-electron chi connectivity index (χ0n) is 15.1. The minimum atomic E-state index is -0.0965. The summed E-state index contributed by atoms with van der Waals surface area (Å²) in [5.74, 6) is 0.122. The minimum Gasteiger partial charge on any atom is -0.333 e. The number of nitrogens with zero attached hydrogens (tertiary/aromatic N) is 1. The Kier molecular flexibility index (Phi) is 8.19. The van der Waals surface area contributed by atoms with Crippen molar-refractivity contribution in [1.82, 2.24) is 10.2 Å². The van der Waals surface area contributed by atoms with Crippen LogP contribution in [0.1, 0.15) is 44.5 Å². The zero-order chi connectivity index (χ0) is 17.9. The van der Waals surface area contributed by atoms with Crippen LogP contribution >= 0.6 is 24.0 Å². The maximum Gasteiger partial charge on any atom is 0.255 e. The zero-order valence-corrected chi connectivity index (χ0v) is 16.7. The Hall–Kier alpha value is -1.30. The Labute approximate surface area is 160 Å². The molecule has 0 bridgehead atoms. The van der Waals surface area contributed by atoms with E-state index in [1.807, 2.05) is 25.7 Å². The molecule has 2 amide bonds. The molecule has 0 aliphatic carbocycles. The predicted octanol–water partition coefficient (Wildman–Crippen LogP) is 3.57. The van der Waals surface area contributed by atoms with E-state index in [1.165, 1.54) is 0 Å². The Balaban J connectivity index is 0.00000312. The molecule has 7 heteroatoms. The van der Waals surface area contributed by atoms with Gasteiger partial charge in [0.1, 0.15) is 0 Å². The quantitative estimate of drug-likeness (QED) is 0.829. The van der Waals surface area contributed by atoms with Gasteiger partial charge in [-0.1, -0.05) is 25.4 Å². The van der Waals surface area contributed by atoms with Crippen molar-refractivity contribution in [2.24, 2.45) is 5.92 Å². The van der Waals surface area contributed by atoms with Crippen molar-refractivity contribution in [3.63, 3.8) is 0 Å². The third kappa shape index (κ3) is 5.59. The summed E-state index contributed by atoms with van der Waals surface area (Å²) in [6, 6.07) is 5.37. The van der Waals surface area contributed by atoms with Crippen molar-refractivity contribution in [3.8, 4) is 0 Å². The summed E-state index contributed by atoms with van der Waals surface area (Å²) in [6.07, 6.45) is 0.443. The number of amides is 2. The lowest BCUT2D eigenvalue weighted by atomic mass is 10.0. The van der Waals surface area contributed by atoms with Crippen LogP contribution < -0.4 is 10.6 Å². The molecule has 1 fully saturated rings. The number of carbonyl (C=O) groups is 2. The van der Waals surface area contributed by atoms with Gasteiger partial charge in [-0.25, -0.2) is 0 Å². The summed E-state index contributed by atoms with van der Waals surface area (Å²) in [6.45, 7) is 9.47. The molecular formula is C18H27Cl2N3O2. The van der Waals surface area contributed by atoms with E-state index in [0.717, 1.165) is 6.54 Å². The van der Waals surface area contributed by atoms with Gasteiger partial charge in [-0.15, -0.1) is 12.4 Å². The van der Waals surface area contributed by atoms with Crippen LogP contribution in [0, 0.1) is 5.92 Å². The molecule has 1 aliphatic rings. The minimum absolute atomic E-state index is 0. The Morgan fingerprint density at radius 3 is 2.68 bits per heavy atom. The van der Waals surface area contributed by atoms with Gasteiger partial charge >= 0.3 is 0 Å². The molecule has 5 nitrogen and oxygen atoms in total. The molecule has 0 aromatic heterocycles. The van der Waals surface area contributed by atoms with Crippen LogP contribution in [0.3, 0.4) is 0 Å². The first-order valence-corrected chi connectivity index (χ1v) is 8.81. The maximum absolute atomic E-state index is 12.9. The van der Waals surface area contributed by atoms with Gasteiger partial charge in [0, 0.05) is 37.3 Å². The Bertz CT molecular complexity index is 622. The van der Waals surface area contributed by atoms with Crippen LogP contribution in [0.4, 0.5) is 5.69 Å². The van der Waals surface area contributed by atoms with Crippen molar-refractivity contribution >= 4 is 41.5 Å². The summed E-state index contributed by atoms with van der Waals surface area (Å²) in [5, 5.41) is 6.60. The van der Waals surface area contributed by atoms with Crippen LogP contribution in [-0.4, -0.2) is 41.9 Å². The predicted molar refractivity (Wildman–Crippen MR) is 105 cm³/mol. The van der Waals surface area contributed by atoms with Gasteiger partial charge in [-0.2, -0.15) is 0 Å². The fourth-order valence-electron chi connectivity index (χ4n) is 2.85. The van der Waals surface area contributed by atoms with Crippen molar-refractivity contribution in [2.45, 2.75) is 46.2 Å². The molecule has 25 heavy (non-hydrogen) atoms. The van der Waals surface area contributed by atoms with E-state index in [-0.39, 0.29) is 42.2 Å². The highest BCUT2D eigenvalue weighted by Gasteiger charge is 2.29. The van der Waals surface area contributed by atoms with Crippen molar-refractivity contribution in [1.29, 1.82) is 0 Å². The van der Waals surface area contributed by atoms with Gasteiger partial charge in [0.2, 0.25) is 5.91 Å². The first-order valence-electron chi connectivity index (χ1n) is 8.43. The fourth-order valence-corrected chi connectivity index (χ4v) is 3.05. The van der Waals surface area contributed by atoms with E-state index in [1.54, 1.807) is 18.2 Å². The molecule has 2 rings (SSSR count). The van der Waals surface area contributed by atoms with Crippen LogP contribution in [0.25, 0.3) is 0 Å². The van der Waals surface area contributed by atoms with Crippen LogP contribution in [0.15, 0.2) is 18.2 Å². The van der Waals surface area contributed by atoms with Crippen LogP contribution in [-0.2, 0) is 4.79 Å². The number of nitrogens with one attached hydrogen (secondary N) is 2. The van der Waals surface area contributed by atoms with Gasteiger partial charge in [0.05, 0.1) is 10.6 Å². The summed E-state index contributed by atoms with van der Waals surface area (Å²) >= 11 is 6.24. The second-order valence-corrected chi connectivity index (χ2v) is 7.23. The molecule has 2 atom stereocenters. The van der Waals surface area contributed by atoms with E-state index >= 15 is 0 Å². The molecule has 0 saturated carbocycles. The molecule has 2 N–H and O–H groups in total. The second kappa shape index (κ2) is 9.41. The monoisotopic (exact) mass is 387 g/mol. The van der Waals surface area contributed by atoms with E-state index in [9.17, 15) is 9.59 Å². The highest BCUT2D eigenvalue weighted by molar-refractivity contribution is 6.34. The summed E-state index contributed by atoms with van der Waals surface area (Å²) in [7, 11) is 0. The van der Waals surface area contributed by atoms with Crippen LogP contribution in [0.5, 0.6) is 0 Å². The first kappa shape index (κ1) is 21.7. The third-order valence-corrected chi connectivity index (χ3v) is 4.70. The standard InChI is InChI=1S/C18H26ClN3O2.ClH/c1-11(2)9-17(23)21-14-5-6-16(19)15(10-14)18(24)22-8-7-20-12(3)13(22)4;/h5-6,10-13,20H,7-9H2,1-4H3,(H,21,23);1H. The molecule has 1 aromatic carbocycles. The topological polar surface area (TPSA) is 61.4 Å². The van der Waals surface area contributed by atoms with Gasteiger partial charge in [-0.05, 0) is 38.0 Å². The number of piperazine rings is 1. The maximum atomic E-state index is 12.9. The van der Waals surface area contributed by atoms with E-state index < -0.39 is 0 Å². The lowest BCUT2D eigenvalue weighted by Gasteiger charge is -2.38. The number of halogens is 2. The summed E-state index contributed by atoms with van der Waals surface area (Å²) < 4.78 is 0. The average molecular weight is 388 g/mol. The molecule has 1 aliphatic heterocycles. The molecule has 1 saturated heterocycles. The summed E-state index contributed by atoms with van der Waals surface area (Å²) in [5.41, 5.74) is 1.03. The second-order valence-electron chi connectivity index (χ2n) is 6.82. The largest absolute Gasteiger partial charge is 0.333 e. The molecular weight excluding hydrogens is 361 g/mol. The number of rotatable bonds is 4. The SMILES string of the molecule is CC(C)CC(=O)Nc1ccc(Cl)c(C(=O)N2CCNC(C)C2C)c1.Cl. The molecule has 0 spiro atoms. The lowest BCUT2D eigenvalue weighted by molar-refractivity contribution is -0.116. The highest BCUT2D eigenvalue weighted by Crippen LogP contribution is 2.24. The van der Waals surface area contributed by atoms with Gasteiger partial charge < -0.3 is 15.5 Å². The molecule has 1 heterocycles. The van der Waals surface area contributed by atoms with Gasteiger partial charge in [-0.3, -0.25) is 9.59 Å². The Morgan fingerprint density at radius 1 is 1.36 bits per heavy atom. The fraction of sp³-hybridized carbons (Fsp3) is 0.556. The van der Waals surface area contributed by atoms with Crippen LogP contribution in [0.2, 0.25) is 5.02 Å². The molecule has 2 unspecified atom stereocenters. The number of anilines is 1. The van der Waals surface area contributed by atoms with Gasteiger partial charge in [0.15, 0.2) is 0 Å². The van der Waals surface area contributed by atoms with Gasteiger partial charge in [0.25, 0.3) is 5.91 Å². The average Bonchev–Trinajstić information content (AvgIpc) is 2.50. The number of hydrogen-bond donors (Lipinski definition) is 2. The smallest absolute Gasteiger partial charge is 0.255 e. The summed E-state index contributed by atoms with van der Waals surface area (Å²) in [4.78, 5) is 26.7. The lowest BCUT2D eigenvalue weighted by Crippen LogP contribution is -2.57. The van der Waals surface area contributed by atoms with E-state index in [0.29, 0.717) is 29.2 Å². The third-order valence-electron chi connectivity index (χ3n) is 4.37. The van der Waals surface area contributed by atoms with E-state index in [4.69, 9.17) is 11.6 Å². The Morgan fingerprint density at radius 2 is 2.04 bits per heavy atom. The number of benzene rings is 1. The number of carbonyl (C=O) groups excluding carboxylic acids is 2. The first-order chi connectivity index (χ1) is 11.3. The molecule has 1 aromatic rings. The van der Waals surface area contributed by atoms with Crippen molar-refractivity contribution in [3.05, 3.63) is 28.8 Å². The normalized spacial score (nSPS) is 20.2. The van der Waals surface area contributed by atoms with Crippen molar-refractivity contribution in [2.75, 3.05) is 18.4 Å². The van der Waals surface area contributed by atoms with Crippen molar-refractivity contribution < 1.29 is 9.59 Å².